The summed E-state index contributed by atoms with van der Waals surface area (Å²) in [7, 11) is 0. The molecule has 3 heteroatoms. The molecule has 0 bridgehead atoms. The van der Waals surface area contributed by atoms with Crippen molar-refractivity contribution in [1.29, 1.82) is 0 Å². The largest absolute Gasteiger partial charge is 0.309 e. The van der Waals surface area contributed by atoms with E-state index in [-0.39, 0.29) is 0 Å². The fourth-order valence-corrected chi connectivity index (χ4v) is 9.10. The number of benzene rings is 8. The predicted octanol–water partition coefficient (Wildman–Crippen LogP) is 14.1. The second-order valence-corrected chi connectivity index (χ2v) is 14.5. The zero-order valence-corrected chi connectivity index (χ0v) is 28.6. The summed E-state index contributed by atoms with van der Waals surface area (Å²) in [6.07, 6.45) is 5.65. The molecule has 0 fully saturated rings. The van der Waals surface area contributed by atoms with Crippen molar-refractivity contribution in [3.8, 4) is 0 Å². The molecule has 0 N–H and O–H groups in total. The summed E-state index contributed by atoms with van der Waals surface area (Å²) in [5, 5.41) is 7.34. The number of hydrogen-bond donors (Lipinski definition) is 0. The average molecular weight is 659 g/mol. The maximum absolute atomic E-state index is 2.51. The highest BCUT2D eigenvalue weighted by atomic mass is 32.2. The van der Waals surface area contributed by atoms with Crippen LogP contribution in [0.5, 0.6) is 0 Å². The molecule has 8 aromatic carbocycles. The Balaban J connectivity index is 1.31. The first-order chi connectivity index (χ1) is 24.7. The molecule has 0 aromatic heterocycles. The van der Waals surface area contributed by atoms with Crippen molar-refractivity contribution in [2.45, 2.75) is 29.1 Å². The summed E-state index contributed by atoms with van der Waals surface area (Å²) in [4.78, 5) is 7.54. The third-order valence-electron chi connectivity index (χ3n) is 10.4. The summed E-state index contributed by atoms with van der Waals surface area (Å²) < 4.78 is 0. The van der Waals surface area contributed by atoms with E-state index in [0.717, 1.165) is 12.1 Å². The Kier molecular flexibility index (Phi) is 6.82. The molecule has 2 nitrogen and oxygen atoms in total. The van der Waals surface area contributed by atoms with Gasteiger partial charge in [0.2, 0.25) is 0 Å². The number of fused-ring (bicyclic) bond motifs is 6. The standard InChI is InChI=1S/C47H34N2S/c1-31-13-12-16-33-26-28-36(30-41(31)33)48(35-27-25-32-14-2-3-15-34(32)29-35)46-37-17-4-6-19-39(37)47(40-20-7-5-18-38(40)46)49-42-21-8-10-23-44(42)50-45-24-11-9-22-43(45)49/h2-12,14-31H,13H2,1H3. The average Bonchev–Trinajstić information content (AvgIpc) is 3.17. The molecule has 238 valence electrons. The van der Waals surface area contributed by atoms with Crippen LogP contribution >= 0.6 is 11.8 Å². The van der Waals surface area contributed by atoms with Crippen molar-refractivity contribution in [2.75, 3.05) is 9.80 Å². The van der Waals surface area contributed by atoms with Gasteiger partial charge in [-0.05, 0) is 82.8 Å². The zero-order chi connectivity index (χ0) is 33.2. The molecule has 10 rings (SSSR count). The molecule has 1 heterocycles. The SMILES string of the molecule is CC1CC=Cc2ccc(N(c3ccc4ccccc4c3)c3c4ccccc4c(N4c5ccccc5Sc5ccccc54)c4ccccc34)cc21. The highest BCUT2D eigenvalue weighted by Crippen LogP contribution is 2.56. The molecule has 1 unspecified atom stereocenters. The number of allylic oxidation sites excluding steroid dienone is 1. The van der Waals surface area contributed by atoms with Gasteiger partial charge in [0.25, 0.3) is 0 Å². The van der Waals surface area contributed by atoms with Gasteiger partial charge in [-0.25, -0.2) is 0 Å². The number of para-hydroxylation sites is 2. The van der Waals surface area contributed by atoms with Crippen LogP contribution in [-0.2, 0) is 0 Å². The van der Waals surface area contributed by atoms with Crippen LogP contribution in [0.3, 0.4) is 0 Å². The van der Waals surface area contributed by atoms with Crippen molar-refractivity contribution in [3.05, 3.63) is 175 Å². The van der Waals surface area contributed by atoms with Crippen LogP contribution in [0.15, 0.2) is 174 Å². The quantitative estimate of drug-likeness (QED) is 0.174. The lowest BCUT2D eigenvalue weighted by Gasteiger charge is -2.36. The Morgan fingerprint density at radius 1 is 0.560 bits per heavy atom. The van der Waals surface area contributed by atoms with Gasteiger partial charge in [0.05, 0.1) is 22.7 Å². The Morgan fingerprint density at radius 2 is 1.12 bits per heavy atom. The molecule has 1 aliphatic carbocycles. The van der Waals surface area contributed by atoms with Gasteiger partial charge in [-0.1, -0.05) is 140 Å². The Labute approximate surface area is 296 Å². The fourth-order valence-electron chi connectivity index (χ4n) is 8.04. The maximum atomic E-state index is 2.51. The first kappa shape index (κ1) is 29.2. The minimum Gasteiger partial charge on any atom is -0.309 e. The monoisotopic (exact) mass is 658 g/mol. The van der Waals surface area contributed by atoms with Crippen molar-refractivity contribution in [3.63, 3.8) is 0 Å². The van der Waals surface area contributed by atoms with E-state index in [1.807, 2.05) is 11.8 Å². The molecule has 1 aliphatic heterocycles. The molecule has 0 saturated heterocycles. The lowest BCUT2D eigenvalue weighted by Crippen LogP contribution is -2.17. The maximum Gasteiger partial charge on any atom is 0.0620 e. The fraction of sp³-hybridized carbons (Fsp3) is 0.0638. The van der Waals surface area contributed by atoms with Crippen molar-refractivity contribution in [2.24, 2.45) is 0 Å². The Morgan fingerprint density at radius 3 is 1.82 bits per heavy atom. The molecular formula is C47H34N2S. The molecule has 50 heavy (non-hydrogen) atoms. The third kappa shape index (κ3) is 4.58. The van der Waals surface area contributed by atoms with Crippen molar-refractivity contribution in [1.82, 2.24) is 0 Å². The number of rotatable bonds is 4. The molecule has 2 aliphatic rings. The summed E-state index contributed by atoms with van der Waals surface area (Å²) in [5.74, 6) is 0.460. The Bertz CT molecular complexity index is 2550. The second kappa shape index (κ2) is 11.7. The van der Waals surface area contributed by atoms with E-state index in [0.29, 0.717) is 5.92 Å². The van der Waals surface area contributed by atoms with E-state index in [1.54, 1.807) is 0 Å². The molecule has 8 aromatic rings. The summed E-state index contributed by atoms with van der Waals surface area (Å²) in [6.45, 7) is 2.35. The van der Waals surface area contributed by atoms with Crippen LogP contribution < -0.4 is 9.80 Å². The molecule has 0 radical (unpaired) electrons. The molecule has 0 spiro atoms. The first-order valence-corrected chi connectivity index (χ1v) is 18.2. The van der Waals surface area contributed by atoms with Gasteiger partial charge in [0.1, 0.15) is 0 Å². The van der Waals surface area contributed by atoms with Crippen LogP contribution in [0, 0.1) is 0 Å². The van der Waals surface area contributed by atoms with E-state index < -0.39 is 0 Å². The van der Waals surface area contributed by atoms with Crippen molar-refractivity contribution < 1.29 is 0 Å². The van der Waals surface area contributed by atoms with E-state index in [2.05, 4.69) is 187 Å². The number of anilines is 6. The molecular weight excluding hydrogens is 625 g/mol. The van der Waals surface area contributed by atoms with Gasteiger partial charge in [0, 0.05) is 42.7 Å². The van der Waals surface area contributed by atoms with Gasteiger partial charge < -0.3 is 9.80 Å². The van der Waals surface area contributed by atoms with Gasteiger partial charge in [-0.15, -0.1) is 0 Å². The van der Waals surface area contributed by atoms with Gasteiger partial charge in [0.15, 0.2) is 0 Å². The van der Waals surface area contributed by atoms with E-state index in [1.165, 1.54) is 81.7 Å². The Hall–Kier alpha value is -5.77. The lowest BCUT2D eigenvalue weighted by atomic mass is 9.88. The highest BCUT2D eigenvalue weighted by Gasteiger charge is 2.30. The topological polar surface area (TPSA) is 6.48 Å². The van der Waals surface area contributed by atoms with E-state index >= 15 is 0 Å². The molecule has 0 amide bonds. The normalized spacial score (nSPS) is 14.8. The van der Waals surface area contributed by atoms with Crippen LogP contribution in [-0.4, -0.2) is 0 Å². The molecule has 0 saturated carbocycles. The van der Waals surface area contributed by atoms with Gasteiger partial charge in [-0.2, -0.15) is 0 Å². The third-order valence-corrected chi connectivity index (χ3v) is 11.5. The highest BCUT2D eigenvalue weighted by molar-refractivity contribution is 7.99. The summed E-state index contributed by atoms with van der Waals surface area (Å²) >= 11 is 1.85. The smallest absolute Gasteiger partial charge is 0.0620 e. The van der Waals surface area contributed by atoms with E-state index in [4.69, 9.17) is 0 Å². The zero-order valence-electron chi connectivity index (χ0n) is 27.8. The first-order valence-electron chi connectivity index (χ1n) is 17.4. The minimum absolute atomic E-state index is 0.460. The van der Waals surface area contributed by atoms with Gasteiger partial charge in [-0.3, -0.25) is 0 Å². The lowest BCUT2D eigenvalue weighted by molar-refractivity contribution is 0.771. The van der Waals surface area contributed by atoms with Gasteiger partial charge >= 0.3 is 0 Å². The predicted molar refractivity (Wildman–Crippen MR) is 215 cm³/mol. The summed E-state index contributed by atoms with van der Waals surface area (Å²) in [5.41, 5.74) is 9.87. The second-order valence-electron chi connectivity index (χ2n) is 13.4. The number of hydrogen-bond acceptors (Lipinski definition) is 3. The number of nitrogens with zero attached hydrogens (tertiary/aromatic N) is 2. The van der Waals surface area contributed by atoms with E-state index in [9.17, 15) is 0 Å². The molecule has 1 atom stereocenters. The van der Waals surface area contributed by atoms with Crippen molar-refractivity contribution >= 4 is 84.3 Å². The van der Waals surface area contributed by atoms with Crippen LogP contribution in [0.4, 0.5) is 34.1 Å². The summed E-state index contributed by atoms with van der Waals surface area (Å²) in [6, 6.07) is 58.3. The van der Waals surface area contributed by atoms with Crippen LogP contribution in [0.2, 0.25) is 0 Å². The van der Waals surface area contributed by atoms with Crippen LogP contribution in [0.1, 0.15) is 30.4 Å². The minimum atomic E-state index is 0.460. The van der Waals surface area contributed by atoms with Crippen LogP contribution in [0.25, 0.3) is 38.4 Å².